The number of carbonyl (C=O) groups excluding carboxylic acids is 2. The van der Waals surface area contributed by atoms with Crippen LogP contribution in [0, 0.1) is 25.7 Å². The highest BCUT2D eigenvalue weighted by atomic mass is 16.2. The fourth-order valence-corrected chi connectivity index (χ4v) is 5.24. The van der Waals surface area contributed by atoms with E-state index in [2.05, 4.69) is 15.0 Å². The zero-order valence-corrected chi connectivity index (χ0v) is 18.7. The fraction of sp³-hybridized carbons (Fsp3) is 0.400. The van der Waals surface area contributed by atoms with Crippen LogP contribution in [0.1, 0.15) is 49.7 Å². The van der Waals surface area contributed by atoms with Crippen LogP contribution in [0.2, 0.25) is 0 Å². The molecule has 2 amide bonds. The van der Waals surface area contributed by atoms with Gasteiger partial charge in [0, 0.05) is 37.9 Å². The van der Waals surface area contributed by atoms with Crippen molar-refractivity contribution in [2.24, 2.45) is 11.8 Å². The molecule has 8 heteroatoms. The van der Waals surface area contributed by atoms with Crippen LogP contribution in [0.4, 0.5) is 0 Å². The number of carbonyl (C=O) groups is 2. The molecule has 2 atom stereocenters. The first-order valence-electron chi connectivity index (χ1n) is 11.5. The molecular weight excluding hydrogens is 418 g/mol. The Morgan fingerprint density at radius 1 is 1.00 bits per heavy atom. The first-order chi connectivity index (χ1) is 15.9. The molecule has 1 aliphatic carbocycles. The maximum atomic E-state index is 13.3. The number of benzene rings is 1. The Hall–Kier alpha value is -3.55. The number of hydrogen-bond donors (Lipinski definition) is 1. The average molecular weight is 444 g/mol. The van der Waals surface area contributed by atoms with Crippen molar-refractivity contribution in [2.75, 3.05) is 19.6 Å². The minimum Gasteiger partial charge on any atom is -0.338 e. The number of pyridine rings is 1. The van der Waals surface area contributed by atoms with Gasteiger partial charge in [-0.05, 0) is 67.9 Å². The number of hydrogen-bond acceptors (Lipinski definition) is 5. The van der Waals surface area contributed by atoms with E-state index in [1.165, 1.54) is 6.42 Å². The number of nitrogens with one attached hydrogen (secondary N) is 1. The molecule has 0 unspecified atom stereocenters. The Bertz CT molecular complexity index is 1380. The van der Waals surface area contributed by atoms with Crippen molar-refractivity contribution in [3.63, 3.8) is 0 Å². The van der Waals surface area contributed by atoms with Crippen molar-refractivity contribution in [1.29, 1.82) is 0 Å². The van der Waals surface area contributed by atoms with Crippen LogP contribution in [-0.2, 0) is 13.0 Å². The molecule has 8 nitrogen and oxygen atoms in total. The third-order valence-electron chi connectivity index (χ3n) is 7.38. The standard InChI is InChI=1S/C25H25N5O3/c1-13-14(2)28-21-8-15(3-4-20(21)27-13)24(32)29-6-5-19-18(12-29)9-26-23(31)22(19)25(33)30-10-16-7-17(16)11-30/h3-4,8-9,16-17H,5-7,10-12H2,1-2H3,(H,26,31)/t16-,17+. The van der Waals surface area contributed by atoms with E-state index in [0.29, 0.717) is 42.4 Å². The number of aromatic nitrogens is 3. The van der Waals surface area contributed by atoms with Crippen molar-refractivity contribution >= 4 is 22.8 Å². The molecule has 1 aromatic carbocycles. The minimum atomic E-state index is -0.335. The summed E-state index contributed by atoms with van der Waals surface area (Å²) < 4.78 is 0. The summed E-state index contributed by atoms with van der Waals surface area (Å²) >= 11 is 0. The summed E-state index contributed by atoms with van der Waals surface area (Å²) in [6.45, 7) is 6.14. The molecule has 1 N–H and O–H groups in total. The Labute approximate surface area is 190 Å². The Morgan fingerprint density at radius 3 is 2.48 bits per heavy atom. The zero-order valence-electron chi connectivity index (χ0n) is 18.7. The van der Waals surface area contributed by atoms with Crippen LogP contribution in [0.5, 0.6) is 0 Å². The molecule has 168 valence electrons. The molecule has 6 rings (SSSR count). The zero-order chi connectivity index (χ0) is 22.9. The molecule has 3 aromatic rings. The van der Waals surface area contributed by atoms with E-state index < -0.39 is 0 Å². The lowest BCUT2D eigenvalue weighted by Gasteiger charge is -2.30. The van der Waals surface area contributed by atoms with Crippen molar-refractivity contribution in [3.8, 4) is 0 Å². The van der Waals surface area contributed by atoms with Crippen molar-refractivity contribution in [1.82, 2.24) is 24.8 Å². The van der Waals surface area contributed by atoms with Crippen molar-refractivity contribution in [2.45, 2.75) is 33.2 Å². The second-order valence-electron chi connectivity index (χ2n) is 9.54. The van der Waals surface area contributed by atoms with Crippen LogP contribution < -0.4 is 5.56 Å². The number of likely N-dealkylation sites (tertiary alicyclic amines) is 1. The third-order valence-corrected chi connectivity index (χ3v) is 7.38. The van der Waals surface area contributed by atoms with Gasteiger partial charge in [-0.15, -0.1) is 0 Å². The first kappa shape index (κ1) is 20.1. The molecule has 4 heterocycles. The lowest BCUT2D eigenvalue weighted by Crippen LogP contribution is -2.40. The number of amides is 2. The van der Waals surface area contributed by atoms with Gasteiger partial charge in [0.2, 0.25) is 0 Å². The summed E-state index contributed by atoms with van der Waals surface area (Å²) in [5, 5.41) is 0. The van der Waals surface area contributed by atoms with Crippen molar-refractivity contribution in [3.05, 3.63) is 68.4 Å². The highest BCUT2D eigenvalue weighted by Gasteiger charge is 2.47. The molecule has 3 aliphatic rings. The number of aromatic amines is 1. The average Bonchev–Trinajstić information content (AvgIpc) is 3.43. The van der Waals surface area contributed by atoms with E-state index in [1.54, 1.807) is 23.2 Å². The highest BCUT2D eigenvalue weighted by Crippen LogP contribution is 2.45. The van der Waals surface area contributed by atoms with Crippen LogP contribution in [0.3, 0.4) is 0 Å². The van der Waals surface area contributed by atoms with E-state index in [0.717, 1.165) is 41.1 Å². The highest BCUT2D eigenvalue weighted by molar-refractivity contribution is 5.98. The number of piperidine rings is 1. The first-order valence-corrected chi connectivity index (χ1v) is 11.5. The predicted molar refractivity (Wildman–Crippen MR) is 122 cm³/mol. The number of rotatable bonds is 2. The lowest BCUT2D eigenvalue weighted by molar-refractivity contribution is 0.0733. The molecular formula is C25H25N5O3. The van der Waals surface area contributed by atoms with E-state index >= 15 is 0 Å². The molecule has 1 saturated carbocycles. The smallest absolute Gasteiger partial charge is 0.261 e. The number of nitrogens with zero attached hydrogens (tertiary/aromatic N) is 4. The molecule has 2 aliphatic heterocycles. The molecule has 0 bridgehead atoms. The lowest BCUT2D eigenvalue weighted by atomic mass is 9.95. The van der Waals surface area contributed by atoms with Gasteiger partial charge >= 0.3 is 0 Å². The van der Waals surface area contributed by atoms with E-state index in [4.69, 9.17) is 0 Å². The second-order valence-corrected chi connectivity index (χ2v) is 9.54. The van der Waals surface area contributed by atoms with Gasteiger partial charge < -0.3 is 14.8 Å². The quantitative estimate of drug-likeness (QED) is 0.655. The van der Waals surface area contributed by atoms with Gasteiger partial charge in [0.1, 0.15) is 5.56 Å². The summed E-state index contributed by atoms with van der Waals surface area (Å²) in [5.74, 6) is 0.959. The van der Waals surface area contributed by atoms with Gasteiger partial charge in [-0.3, -0.25) is 14.4 Å². The third kappa shape index (κ3) is 3.32. The van der Waals surface area contributed by atoms with Crippen LogP contribution in [-0.4, -0.2) is 56.2 Å². The molecule has 33 heavy (non-hydrogen) atoms. The minimum absolute atomic E-state index is 0.0960. The number of H-pyrrole nitrogens is 1. The van der Waals surface area contributed by atoms with E-state index in [1.807, 2.05) is 24.8 Å². The Kier molecular flexibility index (Phi) is 4.40. The van der Waals surface area contributed by atoms with Gasteiger partial charge in [-0.25, -0.2) is 9.97 Å². The maximum Gasteiger partial charge on any atom is 0.261 e. The fourth-order valence-electron chi connectivity index (χ4n) is 5.24. The Balaban J connectivity index is 1.27. The summed E-state index contributed by atoms with van der Waals surface area (Å²) in [6, 6.07) is 5.39. The van der Waals surface area contributed by atoms with Gasteiger partial charge in [0.15, 0.2) is 0 Å². The summed E-state index contributed by atoms with van der Waals surface area (Å²) in [7, 11) is 0. The molecule has 2 aromatic heterocycles. The second kappa shape index (κ2) is 7.23. The molecule has 1 saturated heterocycles. The summed E-state index contributed by atoms with van der Waals surface area (Å²) in [4.78, 5) is 54.4. The predicted octanol–water partition coefficient (Wildman–Crippen LogP) is 2.23. The number of fused-ring (bicyclic) bond motifs is 3. The van der Waals surface area contributed by atoms with Gasteiger partial charge in [0.05, 0.1) is 22.4 Å². The van der Waals surface area contributed by atoms with Crippen molar-refractivity contribution < 1.29 is 9.59 Å². The van der Waals surface area contributed by atoms with Gasteiger partial charge in [-0.1, -0.05) is 0 Å². The maximum absolute atomic E-state index is 13.3. The van der Waals surface area contributed by atoms with Gasteiger partial charge in [0.25, 0.3) is 17.4 Å². The van der Waals surface area contributed by atoms with Gasteiger partial charge in [-0.2, -0.15) is 0 Å². The van der Waals surface area contributed by atoms with Crippen LogP contribution in [0.25, 0.3) is 11.0 Å². The Morgan fingerprint density at radius 2 is 1.73 bits per heavy atom. The topological polar surface area (TPSA) is 99.3 Å². The molecule has 0 spiro atoms. The summed E-state index contributed by atoms with van der Waals surface area (Å²) in [6.07, 6.45) is 3.33. The summed E-state index contributed by atoms with van der Waals surface area (Å²) in [5.41, 5.74) is 5.26. The molecule has 0 radical (unpaired) electrons. The number of aryl methyl sites for hydroxylation is 2. The molecule has 2 fully saturated rings. The van der Waals surface area contributed by atoms with E-state index in [9.17, 15) is 14.4 Å². The van der Waals surface area contributed by atoms with Crippen LogP contribution >= 0.6 is 0 Å². The largest absolute Gasteiger partial charge is 0.338 e. The SMILES string of the molecule is Cc1nc2ccc(C(=O)N3CCc4c(c[nH]c(=O)c4C(=O)N4C[C@H]5C[C@H]5C4)C3)cc2nc1C. The monoisotopic (exact) mass is 443 g/mol. The van der Waals surface area contributed by atoms with E-state index in [-0.39, 0.29) is 22.9 Å². The normalized spacial score (nSPS) is 21.2. The van der Waals surface area contributed by atoms with Crippen LogP contribution in [0.15, 0.2) is 29.2 Å².